The number of ether oxygens (including phenoxy) is 2. The molecule has 3 aliphatic rings. The van der Waals surface area contributed by atoms with Gasteiger partial charge in [0.25, 0.3) is 0 Å². The van der Waals surface area contributed by atoms with Gasteiger partial charge in [-0.15, -0.1) is 0 Å². The topological polar surface area (TPSA) is 99.5 Å². The van der Waals surface area contributed by atoms with Crippen molar-refractivity contribution in [3.63, 3.8) is 0 Å². The molecule has 2 aliphatic heterocycles. The van der Waals surface area contributed by atoms with Gasteiger partial charge in [0, 0.05) is 57.4 Å². The Morgan fingerprint density at radius 3 is 2.38 bits per heavy atom. The first kappa shape index (κ1) is 32.9. The zero-order valence-corrected chi connectivity index (χ0v) is 23.5. The molecule has 5 rings (SSSR count). The maximum atomic E-state index is 13.4. The predicted molar refractivity (Wildman–Crippen MR) is 145 cm³/mol. The molecule has 0 aromatic heterocycles. The van der Waals surface area contributed by atoms with Crippen LogP contribution >= 0.6 is 0 Å². The Morgan fingerprint density at radius 1 is 1.12 bits per heavy atom. The van der Waals surface area contributed by atoms with Crippen molar-refractivity contribution < 1.29 is 42.4 Å². The minimum Gasteiger partial charge on any atom is -0.508 e. The standard InChI is InChI=1S/C17H21F3N2O2.C9H10O2.C2H4O.CH4O/c1-24-16(23)22-9-7-21(8-10-22)11-14-13-4-2-3-12(13)5-6-15(14)17(18,19)20;1-6-5-11-9-4-7(10)2-3-8(6)9;1-2-3;1-2/h5-6H,2-4,7-11H2,1H3;2-4,6,10H,5H2,1H3;2H,1H3;2H,1H3. The van der Waals surface area contributed by atoms with Gasteiger partial charge in [-0.2, -0.15) is 13.2 Å². The molecule has 0 saturated carbocycles. The molecule has 2 aromatic rings. The molecule has 2 aromatic carbocycles. The molecule has 0 bridgehead atoms. The van der Waals surface area contributed by atoms with Gasteiger partial charge in [0.05, 0.1) is 19.3 Å². The number of phenolic OH excluding ortho intramolecular Hbond substituents is 1. The highest BCUT2D eigenvalue weighted by atomic mass is 19.4. The molecule has 1 aliphatic carbocycles. The van der Waals surface area contributed by atoms with Crippen LogP contribution in [0.2, 0.25) is 0 Å². The van der Waals surface area contributed by atoms with E-state index in [-0.39, 0.29) is 18.4 Å². The van der Waals surface area contributed by atoms with Crippen LogP contribution in [0.5, 0.6) is 11.5 Å². The Labute approximate surface area is 233 Å². The number of methoxy groups -OCH3 is 1. The quantitative estimate of drug-likeness (QED) is 0.503. The number of aldehydes is 1. The Kier molecular flexibility index (Phi) is 12.7. The van der Waals surface area contributed by atoms with Crippen molar-refractivity contribution in [3.05, 3.63) is 58.1 Å². The van der Waals surface area contributed by atoms with Crippen LogP contribution in [-0.4, -0.2) is 79.4 Å². The highest BCUT2D eigenvalue weighted by Gasteiger charge is 2.36. The van der Waals surface area contributed by atoms with E-state index in [2.05, 4.69) is 11.7 Å². The molecule has 1 amide bonds. The Hall–Kier alpha value is -3.31. The van der Waals surface area contributed by atoms with Gasteiger partial charge in [-0.1, -0.05) is 19.1 Å². The van der Waals surface area contributed by atoms with Crippen molar-refractivity contribution in [2.45, 2.75) is 51.7 Å². The number of aliphatic hydroxyl groups is 1. The number of fused-ring (bicyclic) bond motifs is 2. The third-order valence-corrected chi connectivity index (χ3v) is 6.91. The number of amides is 1. The lowest BCUT2D eigenvalue weighted by atomic mass is 9.96. The van der Waals surface area contributed by atoms with Crippen molar-refractivity contribution >= 4 is 12.4 Å². The third kappa shape index (κ3) is 8.59. The van der Waals surface area contributed by atoms with Gasteiger partial charge in [0.1, 0.15) is 17.8 Å². The monoisotopic (exact) mass is 568 g/mol. The second-order valence-corrected chi connectivity index (χ2v) is 9.48. The van der Waals surface area contributed by atoms with Crippen LogP contribution in [0.3, 0.4) is 0 Å². The summed E-state index contributed by atoms with van der Waals surface area (Å²) in [5.74, 6) is 1.57. The number of hydrogen-bond donors (Lipinski definition) is 2. The Balaban J connectivity index is 0.000000290. The van der Waals surface area contributed by atoms with E-state index in [0.717, 1.165) is 56.1 Å². The van der Waals surface area contributed by atoms with Crippen molar-refractivity contribution in [3.8, 4) is 11.5 Å². The molecule has 0 spiro atoms. The summed E-state index contributed by atoms with van der Waals surface area (Å²) in [6.45, 7) is 6.63. The zero-order valence-electron chi connectivity index (χ0n) is 23.5. The highest BCUT2D eigenvalue weighted by molar-refractivity contribution is 5.67. The van der Waals surface area contributed by atoms with Crippen LogP contribution in [0.25, 0.3) is 0 Å². The summed E-state index contributed by atoms with van der Waals surface area (Å²) in [4.78, 5) is 23.9. The van der Waals surface area contributed by atoms with Gasteiger partial charge >= 0.3 is 12.3 Å². The summed E-state index contributed by atoms with van der Waals surface area (Å²) in [7, 11) is 2.33. The fraction of sp³-hybridized carbons (Fsp3) is 0.517. The number of aliphatic hydroxyl groups excluding tert-OH is 1. The van der Waals surface area contributed by atoms with Gasteiger partial charge in [-0.05, 0) is 55.0 Å². The molecule has 40 heavy (non-hydrogen) atoms. The van der Waals surface area contributed by atoms with Gasteiger partial charge in [0.2, 0.25) is 0 Å². The first-order chi connectivity index (χ1) is 19.1. The average Bonchev–Trinajstić information content (AvgIpc) is 3.57. The lowest BCUT2D eigenvalue weighted by molar-refractivity contribution is -0.138. The van der Waals surface area contributed by atoms with Gasteiger partial charge in [-0.3, -0.25) is 4.90 Å². The molecular formula is C29H39F3N2O6. The number of alkyl halides is 3. The summed E-state index contributed by atoms with van der Waals surface area (Å²) in [6, 6.07) is 8.14. The molecule has 222 valence electrons. The van der Waals surface area contributed by atoms with E-state index in [0.29, 0.717) is 37.7 Å². The SMILES string of the molecule is CC1COc2cc(O)ccc21.CC=O.CO.COC(=O)N1CCN(Cc2c(C(F)(F)F)ccc3c2CCC3)CC1. The van der Waals surface area contributed by atoms with Crippen molar-refractivity contribution in [1.29, 1.82) is 0 Å². The lowest BCUT2D eigenvalue weighted by Crippen LogP contribution is -2.48. The lowest BCUT2D eigenvalue weighted by Gasteiger charge is -2.34. The number of aromatic hydroxyl groups is 1. The van der Waals surface area contributed by atoms with Crippen molar-refractivity contribution in [2.24, 2.45) is 0 Å². The molecule has 2 heterocycles. The number of benzene rings is 2. The molecular weight excluding hydrogens is 529 g/mol. The smallest absolute Gasteiger partial charge is 0.416 e. The van der Waals surface area contributed by atoms with Crippen LogP contribution in [-0.2, 0) is 35.1 Å². The van der Waals surface area contributed by atoms with E-state index in [1.165, 1.54) is 25.7 Å². The van der Waals surface area contributed by atoms with E-state index >= 15 is 0 Å². The summed E-state index contributed by atoms with van der Waals surface area (Å²) in [5, 5.41) is 16.1. The fourth-order valence-corrected chi connectivity index (χ4v) is 4.99. The zero-order chi connectivity index (χ0) is 29.9. The summed E-state index contributed by atoms with van der Waals surface area (Å²) < 4.78 is 50.2. The molecule has 1 saturated heterocycles. The molecule has 1 unspecified atom stereocenters. The van der Waals surface area contributed by atoms with E-state index < -0.39 is 11.7 Å². The van der Waals surface area contributed by atoms with E-state index in [4.69, 9.17) is 19.7 Å². The van der Waals surface area contributed by atoms with E-state index in [9.17, 15) is 18.0 Å². The van der Waals surface area contributed by atoms with E-state index in [1.54, 1.807) is 23.1 Å². The second kappa shape index (κ2) is 15.5. The van der Waals surface area contributed by atoms with Crippen LogP contribution < -0.4 is 4.74 Å². The number of carbonyl (C=O) groups excluding carboxylic acids is 2. The number of nitrogens with zero attached hydrogens (tertiary/aromatic N) is 2. The van der Waals surface area contributed by atoms with Crippen LogP contribution in [0.1, 0.15) is 54.0 Å². The van der Waals surface area contributed by atoms with Gasteiger partial charge in [0.15, 0.2) is 0 Å². The number of phenols is 1. The minimum absolute atomic E-state index is 0.276. The maximum Gasteiger partial charge on any atom is 0.416 e. The summed E-state index contributed by atoms with van der Waals surface area (Å²) in [6.07, 6.45) is -1.47. The summed E-state index contributed by atoms with van der Waals surface area (Å²) >= 11 is 0. The molecule has 8 nitrogen and oxygen atoms in total. The Bertz CT molecular complexity index is 1120. The normalized spacial score (nSPS) is 17.4. The second-order valence-electron chi connectivity index (χ2n) is 9.48. The molecule has 2 N–H and O–H groups in total. The first-order valence-electron chi connectivity index (χ1n) is 13.1. The Morgan fingerprint density at radius 2 is 1.77 bits per heavy atom. The molecule has 1 atom stereocenters. The molecule has 1 fully saturated rings. The van der Waals surface area contributed by atoms with Gasteiger partial charge < -0.3 is 29.4 Å². The molecule has 11 heteroatoms. The van der Waals surface area contributed by atoms with Gasteiger partial charge in [-0.25, -0.2) is 4.79 Å². The first-order valence-corrected chi connectivity index (χ1v) is 13.1. The summed E-state index contributed by atoms with van der Waals surface area (Å²) in [5.41, 5.74) is 3.02. The largest absolute Gasteiger partial charge is 0.508 e. The fourth-order valence-electron chi connectivity index (χ4n) is 4.99. The number of hydrogen-bond acceptors (Lipinski definition) is 7. The number of piperazine rings is 1. The van der Waals surface area contributed by atoms with Crippen molar-refractivity contribution in [2.75, 3.05) is 47.0 Å². The minimum atomic E-state index is -4.33. The highest BCUT2D eigenvalue weighted by Crippen LogP contribution is 2.38. The van der Waals surface area contributed by atoms with Crippen molar-refractivity contribution in [1.82, 2.24) is 9.80 Å². The number of carbonyl (C=O) groups is 2. The third-order valence-electron chi connectivity index (χ3n) is 6.91. The molecule has 0 radical (unpaired) electrons. The van der Waals surface area contributed by atoms with Crippen LogP contribution in [0, 0.1) is 0 Å². The average molecular weight is 569 g/mol. The van der Waals surface area contributed by atoms with Crippen LogP contribution in [0.4, 0.5) is 18.0 Å². The number of rotatable bonds is 2. The maximum absolute atomic E-state index is 13.4. The predicted octanol–water partition coefficient (Wildman–Crippen LogP) is 4.78. The van der Waals surface area contributed by atoms with E-state index in [1.807, 2.05) is 11.0 Å². The number of halogens is 3. The van der Waals surface area contributed by atoms with Crippen LogP contribution in [0.15, 0.2) is 30.3 Å². The number of aryl methyl sites for hydroxylation is 1.